The molecule has 11 heteroatoms. The highest BCUT2D eigenvalue weighted by molar-refractivity contribution is 14.1. The molecule has 3 rings (SSSR count). The number of hydrogen-bond donors (Lipinski definition) is 3. The van der Waals surface area contributed by atoms with E-state index in [1.807, 2.05) is 24.3 Å². The molecule has 3 N–H and O–H groups in total. The molecule has 0 bridgehead atoms. The van der Waals surface area contributed by atoms with Gasteiger partial charge in [-0.05, 0) is 71.0 Å². The van der Waals surface area contributed by atoms with Gasteiger partial charge in [0.15, 0.2) is 0 Å². The second kappa shape index (κ2) is 15.1. The van der Waals surface area contributed by atoms with Crippen molar-refractivity contribution in [3.8, 4) is 17.2 Å². The Kier molecular flexibility index (Phi) is 11.8. The molecule has 2 aromatic carbocycles. The molecule has 1 aliphatic carbocycles. The summed E-state index contributed by atoms with van der Waals surface area (Å²) >= 11 is 2.14. The molecule has 2 amide bonds. The number of methoxy groups -OCH3 is 3. The number of carbonyl (C=O) groups excluding carboxylic acids is 2. The second-order valence-electron chi connectivity index (χ2n) is 8.89. The molecule has 1 aliphatic rings. The average Bonchev–Trinajstić information content (AvgIpc) is 2.94. The van der Waals surface area contributed by atoms with E-state index in [0.29, 0.717) is 29.2 Å². The minimum absolute atomic E-state index is 0.0768. The van der Waals surface area contributed by atoms with Crippen LogP contribution in [0.3, 0.4) is 0 Å². The van der Waals surface area contributed by atoms with Gasteiger partial charge < -0.3 is 39.4 Å². The van der Waals surface area contributed by atoms with E-state index in [-0.39, 0.29) is 38.6 Å². The van der Waals surface area contributed by atoms with E-state index < -0.39 is 24.2 Å². The van der Waals surface area contributed by atoms with Crippen LogP contribution in [0.5, 0.6) is 17.2 Å². The third-order valence-corrected chi connectivity index (χ3v) is 7.30. The number of aliphatic hydroxyl groups is 2. The zero-order valence-corrected chi connectivity index (χ0v) is 24.4. The summed E-state index contributed by atoms with van der Waals surface area (Å²) in [5.74, 6) is 1.10. The van der Waals surface area contributed by atoms with Gasteiger partial charge in [0.05, 0.1) is 30.4 Å². The van der Waals surface area contributed by atoms with Crippen LogP contribution in [0.1, 0.15) is 12.0 Å². The fourth-order valence-electron chi connectivity index (χ4n) is 4.47. The molecule has 0 aromatic heterocycles. The Labute approximate surface area is 242 Å². The lowest BCUT2D eigenvalue weighted by Crippen LogP contribution is -2.56. The van der Waals surface area contributed by atoms with E-state index in [4.69, 9.17) is 18.9 Å². The summed E-state index contributed by atoms with van der Waals surface area (Å²) in [5, 5.41) is 23.3. The highest BCUT2D eigenvalue weighted by Gasteiger charge is 2.40. The molecule has 39 heavy (non-hydrogen) atoms. The van der Waals surface area contributed by atoms with Crippen molar-refractivity contribution in [1.82, 2.24) is 10.2 Å². The number of aliphatic hydroxyl groups excluding tert-OH is 2. The van der Waals surface area contributed by atoms with E-state index in [0.717, 1.165) is 9.13 Å². The van der Waals surface area contributed by atoms with Gasteiger partial charge >= 0.3 is 0 Å². The lowest BCUT2D eigenvalue weighted by atomic mass is 9.88. The molecule has 2 aromatic rings. The van der Waals surface area contributed by atoms with Gasteiger partial charge in [0.2, 0.25) is 11.8 Å². The molecule has 0 radical (unpaired) electrons. The van der Waals surface area contributed by atoms with Crippen molar-refractivity contribution in [3.05, 3.63) is 63.2 Å². The van der Waals surface area contributed by atoms with Gasteiger partial charge in [0, 0.05) is 32.2 Å². The number of benzene rings is 2. The van der Waals surface area contributed by atoms with Gasteiger partial charge in [0.25, 0.3) is 0 Å². The number of amides is 2. The smallest absolute Gasteiger partial charge is 0.248 e. The number of halogens is 1. The molecule has 0 fully saturated rings. The third kappa shape index (κ3) is 8.07. The topological polar surface area (TPSA) is 127 Å². The summed E-state index contributed by atoms with van der Waals surface area (Å²) < 4.78 is 23.0. The number of ether oxygens (including phenoxy) is 4. The Bertz CT molecular complexity index is 1160. The number of rotatable bonds is 13. The van der Waals surface area contributed by atoms with Crippen molar-refractivity contribution in [3.63, 3.8) is 0 Å². The van der Waals surface area contributed by atoms with Crippen molar-refractivity contribution in [2.75, 3.05) is 47.6 Å². The average molecular weight is 654 g/mol. The van der Waals surface area contributed by atoms with Crippen LogP contribution in [0.4, 0.5) is 0 Å². The maximum Gasteiger partial charge on any atom is 0.248 e. The Morgan fingerprint density at radius 3 is 2.54 bits per heavy atom. The Hall–Kier alpha value is -2.87. The van der Waals surface area contributed by atoms with Crippen LogP contribution in [0.2, 0.25) is 0 Å². The van der Waals surface area contributed by atoms with E-state index in [9.17, 15) is 19.8 Å². The van der Waals surface area contributed by atoms with Crippen LogP contribution in [0, 0.1) is 3.57 Å². The minimum Gasteiger partial charge on any atom is -0.497 e. The molecule has 10 nitrogen and oxygen atoms in total. The molecule has 0 spiro atoms. The monoisotopic (exact) mass is 654 g/mol. The molecule has 3 atom stereocenters. The molecule has 0 saturated heterocycles. The third-order valence-electron chi connectivity index (χ3n) is 6.41. The summed E-state index contributed by atoms with van der Waals surface area (Å²) in [7, 11) is 4.57. The van der Waals surface area contributed by atoms with Crippen LogP contribution in [0.25, 0.3) is 0 Å². The van der Waals surface area contributed by atoms with Crippen LogP contribution in [-0.2, 0) is 20.7 Å². The Morgan fingerprint density at radius 2 is 1.87 bits per heavy atom. The normalized spacial score (nSPS) is 18.6. The highest BCUT2D eigenvalue weighted by Crippen LogP contribution is 2.31. The first-order valence-corrected chi connectivity index (χ1v) is 13.6. The molecule has 0 heterocycles. The predicted molar refractivity (Wildman–Crippen MR) is 153 cm³/mol. The van der Waals surface area contributed by atoms with Gasteiger partial charge in [-0.25, -0.2) is 0 Å². The van der Waals surface area contributed by atoms with Crippen molar-refractivity contribution >= 4 is 34.4 Å². The number of nitrogens with one attached hydrogen (secondary N) is 1. The first-order valence-electron chi connectivity index (χ1n) is 12.5. The number of carbonyl (C=O) groups is 2. The SMILES string of the molecule is COCC(=O)N(CCc1cc(OC)ccc1OC)[C@@H]1CC(C(=O)NCCO)=C[C@H](Oc2ccccc2I)[C@H]1O. The zero-order chi connectivity index (χ0) is 28.4. The van der Waals surface area contributed by atoms with Gasteiger partial charge in [-0.15, -0.1) is 0 Å². The van der Waals surface area contributed by atoms with Crippen molar-refractivity contribution in [2.24, 2.45) is 0 Å². The molecule has 0 saturated carbocycles. The van der Waals surface area contributed by atoms with E-state index in [2.05, 4.69) is 27.9 Å². The van der Waals surface area contributed by atoms with Crippen molar-refractivity contribution in [1.29, 1.82) is 0 Å². The molecular weight excluding hydrogens is 619 g/mol. The fraction of sp³-hybridized carbons (Fsp3) is 0.429. The zero-order valence-electron chi connectivity index (χ0n) is 22.3. The first-order chi connectivity index (χ1) is 18.8. The van der Waals surface area contributed by atoms with Gasteiger partial charge in [-0.1, -0.05) is 12.1 Å². The summed E-state index contributed by atoms with van der Waals surface area (Å²) in [6.45, 7) is -0.119. The maximum absolute atomic E-state index is 13.3. The summed E-state index contributed by atoms with van der Waals surface area (Å²) in [6.07, 6.45) is 0.0365. The molecule has 0 unspecified atom stereocenters. The van der Waals surface area contributed by atoms with Gasteiger partial charge in [-0.2, -0.15) is 0 Å². The van der Waals surface area contributed by atoms with Gasteiger partial charge in [0.1, 0.15) is 36.1 Å². The molecule has 212 valence electrons. The Morgan fingerprint density at radius 1 is 1.10 bits per heavy atom. The van der Waals surface area contributed by atoms with E-state index in [1.165, 1.54) is 12.0 Å². The van der Waals surface area contributed by atoms with Crippen molar-refractivity contribution in [2.45, 2.75) is 31.1 Å². The molecular formula is C28H35IN2O8. The summed E-state index contributed by atoms with van der Waals surface area (Å²) in [4.78, 5) is 27.8. The highest BCUT2D eigenvalue weighted by atomic mass is 127. The van der Waals surface area contributed by atoms with Crippen LogP contribution < -0.4 is 19.5 Å². The first kappa shape index (κ1) is 30.7. The van der Waals surface area contributed by atoms with Gasteiger partial charge in [-0.3, -0.25) is 9.59 Å². The fourth-order valence-corrected chi connectivity index (χ4v) is 4.98. The number of nitrogens with zero attached hydrogens (tertiary/aromatic N) is 1. The minimum atomic E-state index is -1.14. The van der Waals surface area contributed by atoms with Crippen LogP contribution in [0.15, 0.2) is 54.1 Å². The maximum atomic E-state index is 13.3. The standard InChI is InChI=1S/C28H35IN2O8/c1-36-17-26(33)31(12-10-18-14-20(37-2)8-9-23(18)38-3)22-15-19(28(35)30-11-13-32)16-25(27(22)34)39-24-7-5-4-6-21(24)29/h4-9,14,16,22,25,27,32,34H,10-13,15,17H2,1-3H3,(H,30,35)/t22-,25+,27+/m1/s1. The lowest BCUT2D eigenvalue weighted by Gasteiger charge is -2.40. The summed E-state index contributed by atoms with van der Waals surface area (Å²) in [6, 6.07) is 12.0. The Balaban J connectivity index is 1.95. The lowest BCUT2D eigenvalue weighted by molar-refractivity contribution is -0.142. The van der Waals surface area contributed by atoms with E-state index in [1.54, 1.807) is 38.5 Å². The second-order valence-corrected chi connectivity index (χ2v) is 10.1. The van der Waals surface area contributed by atoms with E-state index >= 15 is 0 Å². The van der Waals surface area contributed by atoms with Crippen LogP contribution in [-0.4, -0.2) is 92.8 Å². The molecule has 0 aliphatic heterocycles. The predicted octanol–water partition coefficient (Wildman–Crippen LogP) is 1.94. The van der Waals surface area contributed by atoms with Crippen LogP contribution >= 0.6 is 22.6 Å². The number of hydrogen-bond acceptors (Lipinski definition) is 8. The largest absolute Gasteiger partial charge is 0.497 e. The quantitative estimate of drug-likeness (QED) is 0.280. The summed E-state index contributed by atoms with van der Waals surface area (Å²) in [5.41, 5.74) is 1.17. The van der Waals surface area contributed by atoms with Crippen molar-refractivity contribution < 1.29 is 38.7 Å². The number of para-hydroxylation sites is 1.